The molecule has 0 radical (unpaired) electrons. The molecule has 1 unspecified atom stereocenters. The molecule has 1 aromatic rings. The lowest BCUT2D eigenvalue weighted by Gasteiger charge is -2.24. The van der Waals surface area contributed by atoms with Gasteiger partial charge in [0, 0.05) is 25.7 Å². The lowest BCUT2D eigenvalue weighted by atomic mass is 10.0. The quantitative estimate of drug-likeness (QED) is 0.753. The number of benzene rings is 1. The molecule has 0 bridgehead atoms. The molecule has 2 N–H and O–H groups in total. The first-order valence-corrected chi connectivity index (χ1v) is 4.84. The van der Waals surface area contributed by atoms with E-state index in [4.69, 9.17) is 5.26 Å². The number of rotatable bonds is 1. The van der Waals surface area contributed by atoms with E-state index in [1.54, 1.807) is 0 Å². The van der Waals surface area contributed by atoms with Crippen molar-refractivity contribution in [3.63, 3.8) is 0 Å². The fraction of sp³-hybridized carbons (Fsp3) is 0.364. The Balaban J connectivity index is 0.00000112. The molecule has 0 saturated carbocycles. The smallest absolute Gasteiger partial charge is 0.0991 e. The van der Waals surface area contributed by atoms with Gasteiger partial charge in [0.05, 0.1) is 11.6 Å². The van der Waals surface area contributed by atoms with Crippen molar-refractivity contribution in [3.05, 3.63) is 35.4 Å². The molecule has 4 heteroatoms. The molecule has 1 heterocycles. The number of hydrogen-bond donors (Lipinski definition) is 2. The Bertz CT molecular complexity index is 336. The predicted molar refractivity (Wildman–Crippen MR) is 62.0 cm³/mol. The molecule has 0 aliphatic carbocycles. The van der Waals surface area contributed by atoms with E-state index in [2.05, 4.69) is 16.7 Å². The third-order valence-electron chi connectivity index (χ3n) is 2.48. The van der Waals surface area contributed by atoms with Crippen molar-refractivity contribution >= 4 is 12.4 Å². The van der Waals surface area contributed by atoms with Gasteiger partial charge in [-0.3, -0.25) is 0 Å². The first-order chi connectivity index (χ1) is 6.90. The maximum Gasteiger partial charge on any atom is 0.0991 e. The van der Waals surface area contributed by atoms with Gasteiger partial charge in [-0.25, -0.2) is 0 Å². The summed E-state index contributed by atoms with van der Waals surface area (Å²) in [7, 11) is 0. The molecule has 0 amide bonds. The fourth-order valence-corrected chi connectivity index (χ4v) is 1.68. The first-order valence-electron chi connectivity index (χ1n) is 4.84. The van der Waals surface area contributed by atoms with Gasteiger partial charge < -0.3 is 10.6 Å². The molecule has 1 aliphatic heterocycles. The highest BCUT2D eigenvalue weighted by molar-refractivity contribution is 5.85. The van der Waals surface area contributed by atoms with Gasteiger partial charge in [0.25, 0.3) is 0 Å². The minimum atomic E-state index is 0. The highest BCUT2D eigenvalue weighted by Crippen LogP contribution is 2.14. The molecule has 3 nitrogen and oxygen atoms in total. The lowest BCUT2D eigenvalue weighted by molar-refractivity contribution is 0.430. The van der Waals surface area contributed by atoms with E-state index >= 15 is 0 Å². The van der Waals surface area contributed by atoms with Crippen molar-refractivity contribution in [1.82, 2.24) is 10.6 Å². The van der Waals surface area contributed by atoms with Crippen LogP contribution in [0.4, 0.5) is 0 Å². The number of hydrogen-bond acceptors (Lipinski definition) is 3. The summed E-state index contributed by atoms with van der Waals surface area (Å²) in [6.07, 6.45) is 0. The Hall–Kier alpha value is -1.08. The van der Waals surface area contributed by atoms with Crippen molar-refractivity contribution < 1.29 is 0 Å². The lowest BCUT2D eigenvalue weighted by Crippen LogP contribution is -2.42. The van der Waals surface area contributed by atoms with Crippen LogP contribution in [0.5, 0.6) is 0 Å². The summed E-state index contributed by atoms with van der Waals surface area (Å²) in [6, 6.07) is 10.3. The minimum absolute atomic E-state index is 0. The maximum atomic E-state index is 8.66. The van der Waals surface area contributed by atoms with Gasteiger partial charge in [-0.15, -0.1) is 12.4 Å². The Labute approximate surface area is 95.9 Å². The fourth-order valence-electron chi connectivity index (χ4n) is 1.68. The van der Waals surface area contributed by atoms with E-state index in [0.29, 0.717) is 6.04 Å². The monoisotopic (exact) mass is 223 g/mol. The maximum absolute atomic E-state index is 8.66. The molecule has 2 rings (SSSR count). The standard InChI is InChI=1S/C11H13N3.ClH/c12-7-9-1-3-10(4-2-9)11-8-13-5-6-14-11;/h1-4,11,13-14H,5-6,8H2;1H. The number of halogens is 1. The average molecular weight is 224 g/mol. The van der Waals surface area contributed by atoms with E-state index in [9.17, 15) is 0 Å². The zero-order valence-electron chi connectivity index (χ0n) is 8.36. The van der Waals surface area contributed by atoms with Crippen LogP contribution in [0.2, 0.25) is 0 Å². The van der Waals surface area contributed by atoms with E-state index in [1.807, 2.05) is 24.3 Å². The number of nitrogens with one attached hydrogen (secondary N) is 2. The van der Waals surface area contributed by atoms with Gasteiger partial charge in [-0.05, 0) is 17.7 Å². The van der Waals surface area contributed by atoms with Crippen molar-refractivity contribution in [2.24, 2.45) is 0 Å². The molecular formula is C11H14ClN3. The summed E-state index contributed by atoms with van der Waals surface area (Å²) >= 11 is 0. The third kappa shape index (κ3) is 2.93. The molecule has 80 valence electrons. The van der Waals surface area contributed by atoms with Crippen LogP contribution in [0.25, 0.3) is 0 Å². The van der Waals surface area contributed by atoms with Crippen molar-refractivity contribution in [3.8, 4) is 6.07 Å². The summed E-state index contributed by atoms with van der Waals surface area (Å²) < 4.78 is 0. The zero-order valence-corrected chi connectivity index (χ0v) is 9.18. The Morgan fingerprint density at radius 2 is 1.93 bits per heavy atom. The van der Waals surface area contributed by atoms with Crippen LogP contribution < -0.4 is 10.6 Å². The summed E-state index contributed by atoms with van der Waals surface area (Å²) in [6.45, 7) is 3.00. The second kappa shape index (κ2) is 5.72. The Morgan fingerprint density at radius 1 is 1.20 bits per heavy atom. The second-order valence-corrected chi connectivity index (χ2v) is 3.44. The van der Waals surface area contributed by atoms with Crippen LogP contribution in [-0.2, 0) is 0 Å². The van der Waals surface area contributed by atoms with Crippen molar-refractivity contribution in [1.29, 1.82) is 5.26 Å². The number of nitriles is 1. The van der Waals surface area contributed by atoms with Gasteiger partial charge >= 0.3 is 0 Å². The molecule has 1 fully saturated rings. The SMILES string of the molecule is Cl.N#Cc1ccc(C2CNCCN2)cc1. The summed E-state index contributed by atoms with van der Waals surface area (Å²) in [5.74, 6) is 0. The van der Waals surface area contributed by atoms with Gasteiger partial charge in [-0.2, -0.15) is 5.26 Å². The Kier molecular flexibility index (Phi) is 4.57. The van der Waals surface area contributed by atoms with Gasteiger partial charge in [-0.1, -0.05) is 12.1 Å². The van der Waals surface area contributed by atoms with Gasteiger partial charge in [0.2, 0.25) is 0 Å². The second-order valence-electron chi connectivity index (χ2n) is 3.44. The van der Waals surface area contributed by atoms with Crippen molar-refractivity contribution in [2.45, 2.75) is 6.04 Å². The van der Waals surface area contributed by atoms with E-state index < -0.39 is 0 Å². The third-order valence-corrected chi connectivity index (χ3v) is 2.48. The van der Waals surface area contributed by atoms with Crippen LogP contribution in [0.1, 0.15) is 17.2 Å². The summed E-state index contributed by atoms with van der Waals surface area (Å²) in [4.78, 5) is 0. The topological polar surface area (TPSA) is 47.9 Å². The van der Waals surface area contributed by atoms with Gasteiger partial charge in [0.15, 0.2) is 0 Å². The van der Waals surface area contributed by atoms with E-state index in [-0.39, 0.29) is 12.4 Å². The predicted octanol–water partition coefficient (Wildman–Crippen LogP) is 1.21. The molecule has 1 atom stereocenters. The molecule has 1 aromatic carbocycles. The molecular weight excluding hydrogens is 210 g/mol. The molecule has 15 heavy (non-hydrogen) atoms. The largest absolute Gasteiger partial charge is 0.314 e. The van der Waals surface area contributed by atoms with Crippen LogP contribution in [0.3, 0.4) is 0 Å². The van der Waals surface area contributed by atoms with Crippen molar-refractivity contribution in [2.75, 3.05) is 19.6 Å². The highest BCUT2D eigenvalue weighted by Gasteiger charge is 2.13. The van der Waals surface area contributed by atoms with Crippen LogP contribution in [-0.4, -0.2) is 19.6 Å². The van der Waals surface area contributed by atoms with Gasteiger partial charge in [0.1, 0.15) is 0 Å². The van der Waals surface area contributed by atoms with Crippen LogP contribution >= 0.6 is 12.4 Å². The van der Waals surface area contributed by atoms with Crippen LogP contribution in [0, 0.1) is 11.3 Å². The molecule has 1 aliphatic rings. The minimum Gasteiger partial charge on any atom is -0.314 e. The zero-order chi connectivity index (χ0) is 9.80. The average Bonchev–Trinajstić information content (AvgIpc) is 2.30. The number of nitrogens with zero attached hydrogens (tertiary/aromatic N) is 1. The van der Waals surface area contributed by atoms with E-state index in [1.165, 1.54) is 5.56 Å². The summed E-state index contributed by atoms with van der Waals surface area (Å²) in [5, 5.41) is 15.4. The molecule has 1 saturated heterocycles. The normalized spacial score (nSPS) is 20.1. The Morgan fingerprint density at radius 3 is 2.47 bits per heavy atom. The highest BCUT2D eigenvalue weighted by atomic mass is 35.5. The molecule has 0 aromatic heterocycles. The molecule has 0 spiro atoms. The van der Waals surface area contributed by atoms with E-state index in [0.717, 1.165) is 25.2 Å². The first kappa shape index (κ1) is 12.0. The summed E-state index contributed by atoms with van der Waals surface area (Å²) in [5.41, 5.74) is 1.97. The number of piperazine rings is 1. The van der Waals surface area contributed by atoms with Crippen LogP contribution in [0.15, 0.2) is 24.3 Å².